The number of carbonyl (C=O) groups is 1. The van der Waals surface area contributed by atoms with E-state index in [1.807, 2.05) is 18.2 Å². The van der Waals surface area contributed by atoms with Crippen LogP contribution >= 0.6 is 0 Å². The molecule has 1 aliphatic carbocycles. The Morgan fingerprint density at radius 3 is 2.70 bits per heavy atom. The van der Waals surface area contributed by atoms with Crippen LogP contribution in [0.4, 0.5) is 0 Å². The summed E-state index contributed by atoms with van der Waals surface area (Å²) in [6.45, 7) is 2.89. The van der Waals surface area contributed by atoms with Crippen molar-refractivity contribution in [2.45, 2.75) is 32.4 Å². The van der Waals surface area contributed by atoms with Gasteiger partial charge in [0, 0.05) is 12.6 Å². The summed E-state index contributed by atoms with van der Waals surface area (Å²) in [5.74, 6) is 0.0128. The second kappa shape index (κ2) is 6.42. The molecule has 0 fully saturated rings. The van der Waals surface area contributed by atoms with Gasteiger partial charge in [-0.3, -0.25) is 0 Å². The summed E-state index contributed by atoms with van der Waals surface area (Å²) in [6.07, 6.45) is 1.83. The molecular formula is C19H21NO3. The topological polar surface area (TPSA) is 58.6 Å². The van der Waals surface area contributed by atoms with Gasteiger partial charge in [0.25, 0.3) is 0 Å². The lowest BCUT2D eigenvalue weighted by Gasteiger charge is -2.14. The third-order valence-corrected chi connectivity index (χ3v) is 4.52. The van der Waals surface area contributed by atoms with E-state index in [9.17, 15) is 4.79 Å². The van der Waals surface area contributed by atoms with E-state index < -0.39 is 5.97 Å². The van der Waals surface area contributed by atoms with Crippen LogP contribution in [0, 0.1) is 6.92 Å². The lowest BCUT2D eigenvalue weighted by molar-refractivity contribution is 0.0697. The molecule has 2 aromatic rings. The molecule has 0 saturated heterocycles. The van der Waals surface area contributed by atoms with Crippen LogP contribution in [-0.2, 0) is 19.4 Å². The molecule has 1 atom stereocenters. The lowest BCUT2D eigenvalue weighted by atomic mass is 10.1. The van der Waals surface area contributed by atoms with Gasteiger partial charge in [0.2, 0.25) is 0 Å². The Kier molecular flexibility index (Phi) is 4.35. The van der Waals surface area contributed by atoms with E-state index in [-0.39, 0.29) is 0 Å². The van der Waals surface area contributed by atoms with Crippen LogP contribution in [0.25, 0.3) is 0 Å². The number of hydrogen-bond donors (Lipinski definition) is 2. The minimum Gasteiger partial charge on any atom is -0.497 e. The Morgan fingerprint density at radius 1 is 1.22 bits per heavy atom. The molecule has 3 rings (SSSR count). The predicted octanol–water partition coefficient (Wildman–Crippen LogP) is 2.96. The quantitative estimate of drug-likeness (QED) is 0.891. The van der Waals surface area contributed by atoms with Gasteiger partial charge < -0.3 is 15.2 Å². The number of aromatic carboxylic acids is 1. The number of ether oxygens (including phenoxy) is 1. The predicted molar refractivity (Wildman–Crippen MR) is 89.2 cm³/mol. The minimum atomic E-state index is -0.863. The number of methoxy groups -OCH3 is 1. The summed E-state index contributed by atoms with van der Waals surface area (Å²) < 4.78 is 5.23. The molecule has 23 heavy (non-hydrogen) atoms. The molecule has 2 aromatic carbocycles. The Bertz CT molecular complexity index is 739. The van der Waals surface area contributed by atoms with Gasteiger partial charge in [-0.15, -0.1) is 0 Å². The molecule has 1 unspecified atom stereocenters. The van der Waals surface area contributed by atoms with Crippen LogP contribution < -0.4 is 10.1 Å². The number of fused-ring (bicyclic) bond motifs is 1. The number of rotatable bonds is 5. The highest BCUT2D eigenvalue weighted by Gasteiger charge is 2.22. The van der Waals surface area contributed by atoms with Crippen molar-refractivity contribution in [1.82, 2.24) is 5.32 Å². The van der Waals surface area contributed by atoms with E-state index in [4.69, 9.17) is 9.84 Å². The summed E-state index contributed by atoms with van der Waals surface area (Å²) in [7, 11) is 1.67. The van der Waals surface area contributed by atoms with Crippen molar-refractivity contribution < 1.29 is 14.6 Å². The smallest absolute Gasteiger partial charge is 0.335 e. The molecule has 0 spiro atoms. The van der Waals surface area contributed by atoms with Crippen molar-refractivity contribution in [3.8, 4) is 5.75 Å². The molecule has 0 aromatic heterocycles. The summed E-state index contributed by atoms with van der Waals surface area (Å²) in [5.41, 5.74) is 5.23. The highest BCUT2D eigenvalue weighted by molar-refractivity contribution is 5.88. The third-order valence-electron chi connectivity index (χ3n) is 4.52. The maximum atomic E-state index is 11.1. The van der Waals surface area contributed by atoms with Crippen molar-refractivity contribution in [2.75, 3.05) is 7.11 Å². The van der Waals surface area contributed by atoms with E-state index in [1.165, 1.54) is 16.7 Å². The third kappa shape index (κ3) is 3.37. The zero-order valence-electron chi connectivity index (χ0n) is 13.4. The zero-order chi connectivity index (χ0) is 16.4. The van der Waals surface area contributed by atoms with Crippen LogP contribution in [0.3, 0.4) is 0 Å². The number of hydrogen-bond acceptors (Lipinski definition) is 3. The van der Waals surface area contributed by atoms with Crippen LogP contribution in [0.2, 0.25) is 0 Å². The molecule has 0 radical (unpaired) electrons. The fourth-order valence-corrected chi connectivity index (χ4v) is 3.14. The normalized spacial score (nSPS) is 16.2. The average molecular weight is 311 g/mol. The molecule has 0 amide bonds. The number of carboxylic acid groups (broad SMARTS) is 1. The van der Waals surface area contributed by atoms with Gasteiger partial charge >= 0.3 is 5.97 Å². The minimum absolute atomic E-state index is 0.357. The number of nitrogens with one attached hydrogen (secondary N) is 1. The van der Waals surface area contributed by atoms with Gasteiger partial charge in [0.15, 0.2) is 0 Å². The Labute approximate surface area is 136 Å². The molecule has 0 saturated carbocycles. The van der Waals surface area contributed by atoms with E-state index in [2.05, 4.69) is 18.3 Å². The maximum Gasteiger partial charge on any atom is 0.335 e. The largest absolute Gasteiger partial charge is 0.497 e. The van der Waals surface area contributed by atoms with Gasteiger partial charge in [0.05, 0.1) is 12.7 Å². The highest BCUT2D eigenvalue weighted by atomic mass is 16.5. The molecule has 4 nitrogen and oxygen atoms in total. The first kappa shape index (κ1) is 15.6. The van der Waals surface area contributed by atoms with Crippen molar-refractivity contribution in [3.63, 3.8) is 0 Å². The Balaban J connectivity index is 1.63. The first-order chi connectivity index (χ1) is 11.1. The molecule has 0 heterocycles. The van der Waals surface area contributed by atoms with Crippen molar-refractivity contribution in [3.05, 3.63) is 64.2 Å². The maximum absolute atomic E-state index is 11.1. The van der Waals surface area contributed by atoms with Gasteiger partial charge in [-0.25, -0.2) is 4.79 Å². The van der Waals surface area contributed by atoms with Gasteiger partial charge in [-0.05, 0) is 66.3 Å². The van der Waals surface area contributed by atoms with Crippen molar-refractivity contribution >= 4 is 5.97 Å². The molecule has 0 bridgehead atoms. The average Bonchev–Trinajstić information content (AvgIpc) is 2.95. The number of carboxylic acids is 1. The standard InChI is InChI=1S/C19H21NO3/c1-12-7-18(23-2)6-5-15(12)11-20-17-9-13-3-4-14(19(21)22)8-16(13)10-17/h3-8,17,20H,9-11H2,1-2H3,(H,21,22). The van der Waals surface area contributed by atoms with Crippen LogP contribution in [0.5, 0.6) is 5.75 Å². The molecule has 4 heteroatoms. The van der Waals surface area contributed by atoms with Crippen molar-refractivity contribution in [1.29, 1.82) is 0 Å². The van der Waals surface area contributed by atoms with Crippen molar-refractivity contribution in [2.24, 2.45) is 0 Å². The molecule has 0 aliphatic heterocycles. The van der Waals surface area contributed by atoms with Crippen LogP contribution in [0.15, 0.2) is 36.4 Å². The van der Waals surface area contributed by atoms with E-state index in [0.717, 1.165) is 30.7 Å². The van der Waals surface area contributed by atoms with Gasteiger partial charge in [-0.2, -0.15) is 0 Å². The Hall–Kier alpha value is -2.33. The second-order valence-corrected chi connectivity index (χ2v) is 6.07. The summed E-state index contributed by atoms with van der Waals surface area (Å²) in [6, 6.07) is 11.9. The first-order valence-electron chi connectivity index (χ1n) is 7.79. The molecule has 1 aliphatic rings. The molecule has 2 N–H and O–H groups in total. The van der Waals surface area contributed by atoms with Gasteiger partial charge in [-0.1, -0.05) is 12.1 Å². The van der Waals surface area contributed by atoms with Crippen LogP contribution in [0.1, 0.15) is 32.6 Å². The monoisotopic (exact) mass is 311 g/mol. The highest BCUT2D eigenvalue weighted by Crippen LogP contribution is 2.24. The van der Waals surface area contributed by atoms with Crippen LogP contribution in [-0.4, -0.2) is 24.2 Å². The number of benzene rings is 2. The zero-order valence-corrected chi connectivity index (χ0v) is 13.4. The summed E-state index contributed by atoms with van der Waals surface area (Å²) in [5, 5.41) is 12.7. The van der Waals surface area contributed by atoms with Gasteiger partial charge in [0.1, 0.15) is 5.75 Å². The number of aryl methyl sites for hydroxylation is 1. The lowest BCUT2D eigenvalue weighted by Crippen LogP contribution is -2.29. The molecule has 120 valence electrons. The van der Waals surface area contributed by atoms with E-state index >= 15 is 0 Å². The SMILES string of the molecule is COc1ccc(CNC2Cc3ccc(C(=O)O)cc3C2)c(C)c1. The Morgan fingerprint density at radius 2 is 2.00 bits per heavy atom. The summed E-state index contributed by atoms with van der Waals surface area (Å²) >= 11 is 0. The fourth-order valence-electron chi connectivity index (χ4n) is 3.14. The molecular weight excluding hydrogens is 290 g/mol. The fraction of sp³-hybridized carbons (Fsp3) is 0.316. The summed E-state index contributed by atoms with van der Waals surface area (Å²) in [4.78, 5) is 11.1. The first-order valence-corrected chi connectivity index (χ1v) is 7.79. The second-order valence-electron chi connectivity index (χ2n) is 6.07. The van der Waals surface area contributed by atoms with E-state index in [0.29, 0.717) is 11.6 Å². The van der Waals surface area contributed by atoms with E-state index in [1.54, 1.807) is 19.2 Å².